The molecule has 0 aromatic heterocycles. The second-order valence-electron chi connectivity index (χ2n) is 5.73. The van der Waals surface area contributed by atoms with Gasteiger partial charge in [-0.2, -0.15) is 0 Å². The maximum absolute atomic E-state index is 12.4. The van der Waals surface area contributed by atoms with Gasteiger partial charge in [-0.25, -0.2) is 0 Å². The van der Waals surface area contributed by atoms with E-state index in [0.717, 1.165) is 5.56 Å². The Balaban J connectivity index is 2.05. The Hall–Kier alpha value is -2.44. The molecule has 142 valence electrons. The number of esters is 1. The van der Waals surface area contributed by atoms with E-state index in [4.69, 9.17) is 28.6 Å². The Kier molecular flexibility index (Phi) is 8.23. The molecule has 0 aliphatic carbocycles. The van der Waals surface area contributed by atoms with Crippen molar-refractivity contribution in [3.05, 3.63) is 70.7 Å². The minimum atomic E-state index is -0.328. The minimum Gasteiger partial charge on any atom is -0.466 e. The summed E-state index contributed by atoms with van der Waals surface area (Å²) in [5.74, 6) is -0.631. The van der Waals surface area contributed by atoms with Gasteiger partial charge in [0.05, 0.1) is 13.0 Å². The van der Waals surface area contributed by atoms with Crippen molar-refractivity contribution in [2.45, 2.75) is 19.9 Å². The van der Waals surface area contributed by atoms with E-state index in [-0.39, 0.29) is 23.4 Å². The fraction of sp³-hybridized carbons (Fsp3) is 0.250. The van der Waals surface area contributed by atoms with Crippen LogP contribution in [0, 0.1) is 0 Å². The molecule has 0 radical (unpaired) electrons. The van der Waals surface area contributed by atoms with E-state index >= 15 is 0 Å². The zero-order valence-corrected chi connectivity index (χ0v) is 16.6. The molecular weight excluding hydrogens is 384 g/mol. The molecule has 27 heavy (non-hydrogen) atoms. The van der Waals surface area contributed by atoms with Crippen LogP contribution in [0.5, 0.6) is 0 Å². The van der Waals surface area contributed by atoms with Crippen molar-refractivity contribution < 1.29 is 14.3 Å². The van der Waals surface area contributed by atoms with Crippen LogP contribution in [-0.4, -0.2) is 35.0 Å². The molecule has 0 saturated carbocycles. The lowest BCUT2D eigenvalue weighted by molar-refractivity contribution is -0.143. The average molecular weight is 405 g/mol. The molecule has 0 saturated heterocycles. The van der Waals surface area contributed by atoms with Crippen molar-refractivity contribution in [3.63, 3.8) is 0 Å². The summed E-state index contributed by atoms with van der Waals surface area (Å²) in [6.07, 6.45) is 0.178. The number of nitrogens with zero attached hydrogens (tertiary/aromatic N) is 1. The predicted molar refractivity (Wildman–Crippen MR) is 110 cm³/mol. The summed E-state index contributed by atoms with van der Waals surface area (Å²) in [6.45, 7) is 2.90. The van der Waals surface area contributed by atoms with Crippen molar-refractivity contribution in [3.8, 4) is 0 Å². The molecule has 5 nitrogen and oxygen atoms in total. The largest absolute Gasteiger partial charge is 0.466 e. The molecule has 2 aromatic rings. The Morgan fingerprint density at radius 3 is 2.41 bits per heavy atom. The number of hydrogen-bond donors (Lipinski definition) is 1. The van der Waals surface area contributed by atoms with E-state index in [0.29, 0.717) is 30.3 Å². The lowest BCUT2D eigenvalue weighted by atomic mass is 10.2. The first-order valence-electron chi connectivity index (χ1n) is 8.55. The van der Waals surface area contributed by atoms with Crippen LogP contribution < -0.4 is 5.32 Å². The molecule has 0 unspecified atom stereocenters. The molecule has 0 bridgehead atoms. The molecule has 0 heterocycles. The SMILES string of the molecule is CCOC(=O)CCN(Cc1ccccc1)C(=S)NC(=O)c1ccc(Cl)cc1. The number of rotatable bonds is 7. The number of halogens is 1. The smallest absolute Gasteiger partial charge is 0.307 e. The molecular formula is C20H21ClN2O3S. The number of ether oxygens (including phenoxy) is 1. The van der Waals surface area contributed by atoms with Crippen molar-refractivity contribution in [2.75, 3.05) is 13.2 Å². The zero-order valence-electron chi connectivity index (χ0n) is 15.0. The topological polar surface area (TPSA) is 58.6 Å². The van der Waals surface area contributed by atoms with E-state index in [1.54, 1.807) is 36.1 Å². The van der Waals surface area contributed by atoms with Crippen LogP contribution in [0.25, 0.3) is 0 Å². The zero-order chi connectivity index (χ0) is 19.6. The number of carbonyl (C=O) groups excluding carboxylic acids is 2. The van der Waals surface area contributed by atoms with Gasteiger partial charge in [-0.05, 0) is 49.0 Å². The van der Waals surface area contributed by atoms with Gasteiger partial charge in [0.25, 0.3) is 5.91 Å². The molecule has 2 aromatic carbocycles. The van der Waals surface area contributed by atoms with Crippen LogP contribution in [0.3, 0.4) is 0 Å². The standard InChI is InChI=1S/C20H21ClN2O3S/c1-2-26-18(24)12-13-23(14-15-6-4-3-5-7-15)20(27)22-19(25)16-8-10-17(21)11-9-16/h3-11H,2,12-14H2,1H3,(H,22,25,27). The third kappa shape index (κ3) is 7.00. The Labute approximate surface area is 169 Å². The third-order valence-electron chi connectivity index (χ3n) is 3.72. The van der Waals surface area contributed by atoms with Gasteiger partial charge in [0.1, 0.15) is 0 Å². The second-order valence-corrected chi connectivity index (χ2v) is 6.55. The minimum absolute atomic E-state index is 0.178. The highest BCUT2D eigenvalue weighted by molar-refractivity contribution is 7.80. The van der Waals surface area contributed by atoms with Gasteiger partial charge in [-0.1, -0.05) is 41.9 Å². The molecule has 0 aliphatic rings. The van der Waals surface area contributed by atoms with Gasteiger partial charge < -0.3 is 9.64 Å². The van der Waals surface area contributed by atoms with Gasteiger partial charge >= 0.3 is 5.97 Å². The molecule has 1 amide bonds. The van der Waals surface area contributed by atoms with Crippen molar-refractivity contribution in [2.24, 2.45) is 0 Å². The highest BCUT2D eigenvalue weighted by Gasteiger charge is 2.16. The molecule has 0 atom stereocenters. The van der Waals surface area contributed by atoms with Crippen LogP contribution in [0.2, 0.25) is 5.02 Å². The highest BCUT2D eigenvalue weighted by Crippen LogP contribution is 2.10. The Morgan fingerprint density at radius 1 is 1.11 bits per heavy atom. The van der Waals surface area contributed by atoms with Crippen LogP contribution in [0.15, 0.2) is 54.6 Å². The number of benzene rings is 2. The molecule has 0 fully saturated rings. The summed E-state index contributed by atoms with van der Waals surface area (Å²) in [6, 6.07) is 16.2. The number of thiocarbonyl (C=S) groups is 1. The summed E-state index contributed by atoms with van der Waals surface area (Å²) in [5, 5.41) is 3.52. The van der Waals surface area contributed by atoms with Crippen LogP contribution in [0.4, 0.5) is 0 Å². The van der Waals surface area contributed by atoms with Gasteiger partial charge in [0, 0.05) is 23.7 Å². The fourth-order valence-electron chi connectivity index (χ4n) is 2.37. The van der Waals surface area contributed by atoms with Crippen LogP contribution >= 0.6 is 23.8 Å². The first-order valence-corrected chi connectivity index (χ1v) is 9.33. The molecule has 0 aliphatic heterocycles. The van der Waals surface area contributed by atoms with E-state index < -0.39 is 0 Å². The van der Waals surface area contributed by atoms with Gasteiger partial charge in [0.15, 0.2) is 5.11 Å². The van der Waals surface area contributed by atoms with Crippen molar-refractivity contribution in [1.29, 1.82) is 0 Å². The summed E-state index contributed by atoms with van der Waals surface area (Å²) in [7, 11) is 0. The van der Waals surface area contributed by atoms with Crippen molar-refractivity contribution >= 4 is 40.8 Å². The Bertz CT molecular complexity index is 782. The van der Waals surface area contributed by atoms with Gasteiger partial charge in [-0.15, -0.1) is 0 Å². The van der Waals surface area contributed by atoms with E-state index in [2.05, 4.69) is 5.32 Å². The predicted octanol–water partition coefficient (Wildman–Crippen LogP) is 3.81. The average Bonchev–Trinajstić information content (AvgIpc) is 2.66. The quantitative estimate of drug-likeness (QED) is 0.561. The summed E-state index contributed by atoms with van der Waals surface area (Å²) >= 11 is 11.3. The normalized spacial score (nSPS) is 10.1. The first-order chi connectivity index (χ1) is 13.0. The van der Waals surface area contributed by atoms with E-state index in [9.17, 15) is 9.59 Å². The second kappa shape index (κ2) is 10.6. The monoisotopic (exact) mass is 404 g/mol. The summed E-state index contributed by atoms with van der Waals surface area (Å²) in [5.41, 5.74) is 1.47. The number of carbonyl (C=O) groups is 2. The molecule has 1 N–H and O–H groups in total. The lowest BCUT2D eigenvalue weighted by Gasteiger charge is -2.25. The van der Waals surface area contributed by atoms with Gasteiger partial charge in [0.2, 0.25) is 0 Å². The Morgan fingerprint density at radius 2 is 1.78 bits per heavy atom. The number of hydrogen-bond acceptors (Lipinski definition) is 4. The number of nitrogens with one attached hydrogen (secondary N) is 1. The maximum Gasteiger partial charge on any atom is 0.307 e. The lowest BCUT2D eigenvalue weighted by Crippen LogP contribution is -2.43. The molecule has 2 rings (SSSR count). The first kappa shape index (κ1) is 20.9. The van der Waals surface area contributed by atoms with Crippen LogP contribution in [0.1, 0.15) is 29.3 Å². The van der Waals surface area contributed by atoms with Crippen LogP contribution in [-0.2, 0) is 16.1 Å². The highest BCUT2D eigenvalue weighted by atomic mass is 35.5. The summed E-state index contributed by atoms with van der Waals surface area (Å²) < 4.78 is 4.98. The van der Waals surface area contributed by atoms with Crippen molar-refractivity contribution in [1.82, 2.24) is 10.2 Å². The fourth-order valence-corrected chi connectivity index (χ4v) is 2.74. The van der Waals surface area contributed by atoms with Gasteiger partial charge in [-0.3, -0.25) is 14.9 Å². The van der Waals surface area contributed by atoms with E-state index in [1.807, 2.05) is 30.3 Å². The molecule has 7 heteroatoms. The third-order valence-corrected chi connectivity index (χ3v) is 4.33. The van der Waals surface area contributed by atoms with E-state index in [1.165, 1.54) is 0 Å². The summed E-state index contributed by atoms with van der Waals surface area (Å²) in [4.78, 5) is 25.9. The number of amides is 1. The maximum atomic E-state index is 12.4. The molecule has 0 spiro atoms.